The quantitative estimate of drug-likeness (QED) is 0.758. The summed E-state index contributed by atoms with van der Waals surface area (Å²) in [5.74, 6) is 1.99. The minimum atomic E-state index is 0.201. The van der Waals surface area contributed by atoms with Crippen LogP contribution in [0.25, 0.3) is 0 Å². The van der Waals surface area contributed by atoms with Gasteiger partial charge in [-0.1, -0.05) is 6.92 Å². The summed E-state index contributed by atoms with van der Waals surface area (Å²) in [5, 5.41) is 12.2. The van der Waals surface area contributed by atoms with Gasteiger partial charge in [-0.05, 0) is 32.4 Å². The molecule has 0 radical (unpaired) electrons. The molecule has 0 fully saturated rings. The van der Waals surface area contributed by atoms with Gasteiger partial charge in [0.2, 0.25) is 0 Å². The molecule has 0 saturated carbocycles. The Morgan fingerprint density at radius 1 is 1.40 bits per heavy atom. The molecule has 3 heteroatoms. The predicted molar refractivity (Wildman–Crippen MR) is 60.8 cm³/mol. The molecule has 0 saturated heterocycles. The Kier molecular flexibility index (Phi) is 4.85. The molecule has 2 unspecified atom stereocenters. The fourth-order valence-corrected chi connectivity index (χ4v) is 1.60. The highest BCUT2D eigenvalue weighted by Gasteiger charge is 2.12. The number of aliphatic hydroxyl groups excluding tert-OH is 1. The van der Waals surface area contributed by atoms with Gasteiger partial charge in [-0.25, -0.2) is 0 Å². The maximum absolute atomic E-state index is 8.80. The largest absolute Gasteiger partial charge is 0.464 e. The van der Waals surface area contributed by atoms with Gasteiger partial charge in [-0.15, -0.1) is 0 Å². The van der Waals surface area contributed by atoms with Crippen molar-refractivity contribution in [2.75, 3.05) is 6.61 Å². The van der Waals surface area contributed by atoms with E-state index >= 15 is 0 Å². The summed E-state index contributed by atoms with van der Waals surface area (Å²) in [7, 11) is 0. The predicted octanol–water partition coefficient (Wildman–Crippen LogP) is 2.26. The van der Waals surface area contributed by atoms with Crippen molar-refractivity contribution in [1.82, 2.24) is 5.32 Å². The Bertz CT molecular complexity index is 283. The van der Waals surface area contributed by atoms with Crippen LogP contribution in [-0.4, -0.2) is 17.8 Å². The summed E-state index contributed by atoms with van der Waals surface area (Å²) in [6, 6.07) is 4.54. The Labute approximate surface area is 91.5 Å². The number of aliphatic hydroxyl groups is 1. The van der Waals surface area contributed by atoms with Gasteiger partial charge in [-0.3, -0.25) is 0 Å². The lowest BCUT2D eigenvalue weighted by molar-refractivity contribution is 0.260. The summed E-state index contributed by atoms with van der Waals surface area (Å²) in [6.07, 6.45) is 1.70. The monoisotopic (exact) mass is 211 g/mol. The summed E-state index contributed by atoms with van der Waals surface area (Å²) in [5.41, 5.74) is 0. The Hall–Kier alpha value is -0.800. The maximum atomic E-state index is 8.80. The molecule has 0 spiro atoms. The van der Waals surface area contributed by atoms with Crippen molar-refractivity contribution >= 4 is 0 Å². The lowest BCUT2D eigenvalue weighted by atomic mass is 10.2. The number of nitrogens with one attached hydrogen (secondary N) is 1. The van der Waals surface area contributed by atoms with Gasteiger partial charge in [0, 0.05) is 19.1 Å². The average Bonchev–Trinajstić information content (AvgIpc) is 2.66. The van der Waals surface area contributed by atoms with Crippen LogP contribution in [0.3, 0.4) is 0 Å². The third-order valence-corrected chi connectivity index (χ3v) is 2.55. The van der Waals surface area contributed by atoms with Crippen LogP contribution in [0.15, 0.2) is 16.5 Å². The lowest BCUT2D eigenvalue weighted by Gasteiger charge is -2.17. The lowest BCUT2D eigenvalue weighted by Crippen LogP contribution is -2.29. The van der Waals surface area contributed by atoms with Crippen LogP contribution in [0.1, 0.15) is 44.8 Å². The molecule has 0 aromatic carbocycles. The van der Waals surface area contributed by atoms with Crippen LogP contribution in [0, 0.1) is 0 Å². The molecule has 1 heterocycles. The van der Waals surface area contributed by atoms with E-state index in [0.29, 0.717) is 6.04 Å². The summed E-state index contributed by atoms with van der Waals surface area (Å²) < 4.78 is 5.65. The normalized spacial score (nSPS) is 15.2. The zero-order chi connectivity index (χ0) is 11.3. The minimum Gasteiger partial charge on any atom is -0.464 e. The molecule has 1 aromatic heterocycles. The molecule has 15 heavy (non-hydrogen) atoms. The molecule has 86 valence electrons. The van der Waals surface area contributed by atoms with Gasteiger partial charge in [0.1, 0.15) is 11.5 Å². The third kappa shape index (κ3) is 3.68. The highest BCUT2D eigenvalue weighted by atomic mass is 16.3. The molecule has 2 atom stereocenters. The van der Waals surface area contributed by atoms with Crippen molar-refractivity contribution in [2.24, 2.45) is 0 Å². The van der Waals surface area contributed by atoms with Crippen molar-refractivity contribution in [3.63, 3.8) is 0 Å². The second-order valence-electron chi connectivity index (χ2n) is 3.96. The maximum Gasteiger partial charge on any atom is 0.120 e. The summed E-state index contributed by atoms with van der Waals surface area (Å²) in [4.78, 5) is 0. The van der Waals surface area contributed by atoms with Crippen molar-refractivity contribution in [2.45, 2.75) is 45.7 Å². The van der Waals surface area contributed by atoms with Gasteiger partial charge < -0.3 is 14.8 Å². The van der Waals surface area contributed by atoms with Crippen molar-refractivity contribution < 1.29 is 9.52 Å². The molecule has 0 aliphatic carbocycles. The first-order chi connectivity index (χ1) is 7.17. The minimum absolute atomic E-state index is 0.201. The zero-order valence-electron chi connectivity index (χ0n) is 9.79. The van der Waals surface area contributed by atoms with E-state index in [0.717, 1.165) is 24.4 Å². The van der Waals surface area contributed by atoms with Crippen molar-refractivity contribution in [3.8, 4) is 0 Å². The van der Waals surface area contributed by atoms with E-state index in [1.54, 1.807) is 0 Å². The molecule has 1 rings (SSSR count). The van der Waals surface area contributed by atoms with Crippen LogP contribution >= 0.6 is 0 Å². The first-order valence-electron chi connectivity index (χ1n) is 5.62. The number of hydrogen-bond donors (Lipinski definition) is 2. The number of aryl methyl sites for hydroxylation is 1. The molecule has 0 aliphatic heterocycles. The van der Waals surface area contributed by atoms with Crippen LogP contribution in [-0.2, 0) is 6.42 Å². The van der Waals surface area contributed by atoms with E-state index in [4.69, 9.17) is 9.52 Å². The van der Waals surface area contributed by atoms with Gasteiger partial charge in [0.05, 0.1) is 6.04 Å². The van der Waals surface area contributed by atoms with E-state index < -0.39 is 0 Å². The first kappa shape index (κ1) is 12.3. The van der Waals surface area contributed by atoms with E-state index in [1.165, 1.54) is 0 Å². The summed E-state index contributed by atoms with van der Waals surface area (Å²) in [6.45, 7) is 6.44. The second-order valence-corrected chi connectivity index (χ2v) is 3.96. The molecule has 0 amide bonds. The molecular weight excluding hydrogens is 190 g/mol. The smallest absolute Gasteiger partial charge is 0.120 e. The van der Waals surface area contributed by atoms with Gasteiger partial charge in [0.15, 0.2) is 0 Å². The molecule has 1 aromatic rings. The molecule has 2 N–H and O–H groups in total. The number of hydrogen-bond acceptors (Lipinski definition) is 3. The van der Waals surface area contributed by atoms with Gasteiger partial charge >= 0.3 is 0 Å². The van der Waals surface area contributed by atoms with E-state index in [-0.39, 0.29) is 12.6 Å². The highest BCUT2D eigenvalue weighted by Crippen LogP contribution is 2.17. The molecule has 3 nitrogen and oxygen atoms in total. The zero-order valence-corrected chi connectivity index (χ0v) is 9.79. The fraction of sp³-hybridized carbons (Fsp3) is 0.667. The molecule has 0 bridgehead atoms. The van der Waals surface area contributed by atoms with Crippen molar-refractivity contribution in [1.29, 1.82) is 0 Å². The van der Waals surface area contributed by atoms with E-state index in [2.05, 4.69) is 26.1 Å². The van der Waals surface area contributed by atoms with E-state index in [9.17, 15) is 0 Å². The second kappa shape index (κ2) is 5.93. The standard InChI is InChI=1S/C12H21NO2/c1-4-11-5-6-12(15-11)10(3)13-9(2)7-8-14/h5-6,9-10,13-14H,4,7-8H2,1-3H3. The fourth-order valence-electron chi connectivity index (χ4n) is 1.60. The van der Waals surface area contributed by atoms with Crippen molar-refractivity contribution in [3.05, 3.63) is 23.7 Å². The molecular formula is C12H21NO2. The van der Waals surface area contributed by atoms with Crippen LogP contribution in [0.2, 0.25) is 0 Å². The highest BCUT2D eigenvalue weighted by molar-refractivity contribution is 5.10. The Balaban J connectivity index is 2.49. The number of rotatable bonds is 6. The van der Waals surface area contributed by atoms with Crippen LogP contribution < -0.4 is 5.32 Å². The van der Waals surface area contributed by atoms with Gasteiger partial charge in [0.25, 0.3) is 0 Å². The van der Waals surface area contributed by atoms with Crippen LogP contribution in [0.4, 0.5) is 0 Å². The van der Waals surface area contributed by atoms with Crippen LogP contribution in [0.5, 0.6) is 0 Å². The number of furan rings is 1. The third-order valence-electron chi connectivity index (χ3n) is 2.55. The average molecular weight is 211 g/mol. The Morgan fingerprint density at radius 3 is 2.67 bits per heavy atom. The first-order valence-corrected chi connectivity index (χ1v) is 5.62. The van der Waals surface area contributed by atoms with Gasteiger partial charge in [-0.2, -0.15) is 0 Å². The summed E-state index contributed by atoms with van der Waals surface area (Å²) >= 11 is 0. The SMILES string of the molecule is CCc1ccc(C(C)NC(C)CCO)o1. The Morgan fingerprint density at radius 2 is 2.13 bits per heavy atom. The molecule has 0 aliphatic rings. The topological polar surface area (TPSA) is 45.4 Å². The van der Waals surface area contributed by atoms with E-state index in [1.807, 2.05) is 12.1 Å².